The van der Waals surface area contributed by atoms with Gasteiger partial charge >= 0.3 is 11.9 Å². The van der Waals surface area contributed by atoms with E-state index in [9.17, 15) is 14.4 Å². The van der Waals surface area contributed by atoms with Gasteiger partial charge in [0.25, 0.3) is 0 Å². The van der Waals surface area contributed by atoms with E-state index in [-0.39, 0.29) is 17.8 Å². The van der Waals surface area contributed by atoms with Gasteiger partial charge < -0.3 is 20.1 Å². The summed E-state index contributed by atoms with van der Waals surface area (Å²) in [6.45, 7) is -0.337. The van der Waals surface area contributed by atoms with Crippen LogP contribution in [0.5, 0.6) is 0 Å². The smallest absolute Gasteiger partial charge is 0.344 e. The zero-order valence-corrected chi connectivity index (χ0v) is 14.9. The lowest BCUT2D eigenvalue weighted by Gasteiger charge is -2.52. The summed E-state index contributed by atoms with van der Waals surface area (Å²) in [6.07, 6.45) is 3.32. The number of carbonyl (C=O) groups excluding carboxylic acids is 3. The number of nitrogens with two attached hydrogens (primary N) is 1. The van der Waals surface area contributed by atoms with Gasteiger partial charge in [-0.3, -0.25) is 9.59 Å². The predicted octanol–water partition coefficient (Wildman–Crippen LogP) is -0.504. The Bertz CT molecular complexity index is 710. The Morgan fingerprint density at radius 3 is 3.04 bits per heavy atom. The van der Waals surface area contributed by atoms with Crippen molar-refractivity contribution in [2.45, 2.75) is 11.4 Å². The molecular formula is C14H16N4O5S2. The van der Waals surface area contributed by atoms with Gasteiger partial charge in [-0.25, -0.2) is 4.79 Å². The third-order valence-electron chi connectivity index (χ3n) is 4.05. The topological polar surface area (TPSA) is 125 Å². The summed E-state index contributed by atoms with van der Waals surface area (Å²) in [5, 5.41) is 5.50. The molecule has 2 unspecified atom stereocenters. The number of methoxy groups -OCH3 is 1. The molecule has 3 rings (SSSR count). The van der Waals surface area contributed by atoms with E-state index >= 15 is 0 Å². The first-order valence-corrected chi connectivity index (χ1v) is 9.23. The third-order valence-corrected chi connectivity index (χ3v) is 6.15. The fourth-order valence-electron chi connectivity index (χ4n) is 2.60. The number of aromatic nitrogens is 2. The Kier molecular flexibility index (Phi) is 5.06. The van der Waals surface area contributed by atoms with Crippen molar-refractivity contribution >= 4 is 47.2 Å². The van der Waals surface area contributed by atoms with Gasteiger partial charge in [-0.1, -0.05) is 10.6 Å². The minimum absolute atomic E-state index is 0.136. The highest BCUT2D eigenvalue weighted by molar-refractivity contribution is 8.00. The van der Waals surface area contributed by atoms with E-state index < -0.39 is 30.0 Å². The summed E-state index contributed by atoms with van der Waals surface area (Å²) in [5.41, 5.74) is 5.30. The van der Waals surface area contributed by atoms with E-state index in [0.29, 0.717) is 11.4 Å². The zero-order chi connectivity index (χ0) is 18.0. The Morgan fingerprint density at radius 1 is 1.56 bits per heavy atom. The summed E-state index contributed by atoms with van der Waals surface area (Å²) in [4.78, 5) is 37.4. The van der Waals surface area contributed by atoms with Crippen LogP contribution in [0.3, 0.4) is 0 Å². The Balaban J connectivity index is 1.80. The molecule has 0 saturated carbocycles. The maximum absolute atomic E-state index is 12.7. The first-order chi connectivity index (χ1) is 12.0. The number of hydrogen-bond acceptors (Lipinski definition) is 10. The van der Waals surface area contributed by atoms with Crippen LogP contribution >= 0.6 is 23.3 Å². The normalized spacial score (nSPS) is 28.4. The number of carbonyl (C=O) groups is 3. The summed E-state index contributed by atoms with van der Waals surface area (Å²) < 4.78 is 13.3. The molecule has 3 heterocycles. The van der Waals surface area contributed by atoms with Gasteiger partial charge in [0.2, 0.25) is 5.91 Å². The molecule has 2 fully saturated rings. The molecule has 0 radical (unpaired) electrons. The van der Waals surface area contributed by atoms with Gasteiger partial charge in [0.15, 0.2) is 6.61 Å². The Hall–Kier alpha value is -1.98. The van der Waals surface area contributed by atoms with Crippen LogP contribution in [-0.2, 0) is 23.9 Å². The number of fused-ring (bicyclic) bond motifs is 1. The monoisotopic (exact) mass is 384 g/mol. The highest BCUT2D eigenvalue weighted by Gasteiger charge is 2.55. The largest absolute Gasteiger partial charge is 0.466 e. The first kappa shape index (κ1) is 17.8. The highest BCUT2D eigenvalue weighted by atomic mass is 32.2. The third kappa shape index (κ3) is 3.39. The molecule has 25 heavy (non-hydrogen) atoms. The van der Waals surface area contributed by atoms with Crippen molar-refractivity contribution < 1.29 is 23.9 Å². The van der Waals surface area contributed by atoms with E-state index in [4.69, 9.17) is 10.5 Å². The molecule has 11 heteroatoms. The van der Waals surface area contributed by atoms with Crippen molar-refractivity contribution in [1.82, 2.24) is 14.5 Å². The molecule has 2 aliphatic rings. The van der Waals surface area contributed by atoms with E-state index in [1.54, 1.807) is 22.4 Å². The molecule has 0 aromatic carbocycles. The minimum Gasteiger partial charge on any atom is -0.466 e. The summed E-state index contributed by atoms with van der Waals surface area (Å²) in [6, 6.07) is -0.541. The second-order valence-corrected chi connectivity index (χ2v) is 7.38. The molecule has 2 saturated heterocycles. The SMILES string of the molecule is COC(=O)COC(=O)C1(C=Cc2csnn2)CS[C@@H]2C(N)C(=O)N2C1. The number of nitrogens with zero attached hydrogens (tertiary/aromatic N) is 3. The number of thioether (sulfide) groups is 1. The van der Waals surface area contributed by atoms with Crippen molar-refractivity contribution in [2.24, 2.45) is 11.1 Å². The number of ether oxygens (including phenoxy) is 2. The molecule has 1 amide bonds. The summed E-state index contributed by atoms with van der Waals surface area (Å²) in [7, 11) is 1.21. The maximum Gasteiger partial charge on any atom is 0.344 e. The van der Waals surface area contributed by atoms with Crippen LogP contribution in [0.1, 0.15) is 5.69 Å². The van der Waals surface area contributed by atoms with Crippen LogP contribution in [0.15, 0.2) is 11.5 Å². The Labute approximate surface area is 151 Å². The molecule has 1 aromatic heterocycles. The van der Waals surface area contributed by atoms with Crippen LogP contribution in [0, 0.1) is 5.41 Å². The van der Waals surface area contributed by atoms with Crippen LogP contribution in [0.2, 0.25) is 0 Å². The molecule has 2 N–H and O–H groups in total. The lowest BCUT2D eigenvalue weighted by molar-refractivity contribution is -0.165. The average molecular weight is 384 g/mol. The van der Waals surface area contributed by atoms with Gasteiger partial charge in [0.1, 0.15) is 16.8 Å². The van der Waals surface area contributed by atoms with Crippen molar-refractivity contribution in [3.8, 4) is 0 Å². The fourth-order valence-corrected chi connectivity index (χ4v) is 4.48. The van der Waals surface area contributed by atoms with Crippen LogP contribution in [-0.4, -0.2) is 69.8 Å². The van der Waals surface area contributed by atoms with Gasteiger partial charge in [-0.2, -0.15) is 0 Å². The molecule has 134 valence electrons. The molecule has 1 aromatic rings. The van der Waals surface area contributed by atoms with Gasteiger partial charge in [0, 0.05) is 17.7 Å². The van der Waals surface area contributed by atoms with E-state index in [1.165, 1.54) is 30.4 Å². The molecule has 0 spiro atoms. The number of β-lactam (4-membered cyclic amide) rings is 1. The predicted molar refractivity (Wildman–Crippen MR) is 90.3 cm³/mol. The Morgan fingerprint density at radius 2 is 2.36 bits per heavy atom. The number of rotatable bonds is 5. The minimum atomic E-state index is -1.09. The second kappa shape index (κ2) is 7.10. The number of esters is 2. The first-order valence-electron chi connectivity index (χ1n) is 7.35. The molecule has 0 aliphatic carbocycles. The molecule has 3 atom stereocenters. The van der Waals surface area contributed by atoms with E-state index in [0.717, 1.165) is 0 Å². The van der Waals surface area contributed by atoms with E-state index in [1.807, 2.05) is 0 Å². The van der Waals surface area contributed by atoms with Crippen molar-refractivity contribution in [2.75, 3.05) is 26.0 Å². The highest BCUT2D eigenvalue weighted by Crippen LogP contribution is 2.43. The number of amides is 1. The van der Waals surface area contributed by atoms with Crippen LogP contribution < -0.4 is 5.73 Å². The van der Waals surface area contributed by atoms with Crippen LogP contribution in [0.4, 0.5) is 0 Å². The standard InChI is InChI=1S/C14H16N4O5S2/c1-22-9(19)4-23-13(21)14(3-2-8-5-25-17-16-8)6-18-11(20)10(15)12(18)24-7-14/h2-3,5,10,12H,4,6-7,15H2,1H3/t10?,12-,14?/m1/s1. The van der Waals surface area contributed by atoms with Crippen molar-refractivity contribution in [3.63, 3.8) is 0 Å². The quantitative estimate of drug-likeness (QED) is 0.528. The van der Waals surface area contributed by atoms with Gasteiger partial charge in [-0.15, -0.1) is 16.9 Å². The zero-order valence-electron chi connectivity index (χ0n) is 13.3. The molecule has 0 bridgehead atoms. The van der Waals surface area contributed by atoms with E-state index in [2.05, 4.69) is 14.3 Å². The maximum atomic E-state index is 12.7. The van der Waals surface area contributed by atoms with Crippen LogP contribution in [0.25, 0.3) is 6.08 Å². The molecule has 2 aliphatic heterocycles. The molecule has 9 nitrogen and oxygen atoms in total. The number of hydrogen-bond donors (Lipinski definition) is 1. The second-order valence-electron chi connectivity index (χ2n) is 5.67. The van der Waals surface area contributed by atoms with Crippen molar-refractivity contribution in [3.05, 3.63) is 17.2 Å². The molecular weight excluding hydrogens is 368 g/mol. The van der Waals surface area contributed by atoms with Crippen molar-refractivity contribution in [1.29, 1.82) is 0 Å². The van der Waals surface area contributed by atoms with Gasteiger partial charge in [-0.05, 0) is 17.6 Å². The summed E-state index contributed by atoms with van der Waals surface area (Å²) in [5.74, 6) is -1.08. The lowest BCUT2D eigenvalue weighted by Crippen LogP contribution is -2.72. The average Bonchev–Trinajstić information content (AvgIpc) is 3.16. The lowest BCUT2D eigenvalue weighted by atomic mass is 9.86. The van der Waals surface area contributed by atoms with Gasteiger partial charge in [0.05, 0.1) is 12.8 Å². The fraction of sp³-hybridized carbons (Fsp3) is 0.500. The summed E-state index contributed by atoms with van der Waals surface area (Å²) >= 11 is 2.60.